The summed E-state index contributed by atoms with van der Waals surface area (Å²) in [6.07, 6.45) is 0. The van der Waals surface area contributed by atoms with Crippen LogP contribution in [0, 0.1) is 0 Å². The monoisotopic (exact) mass is 197 g/mol. The smallest absolute Gasteiger partial charge is 0.281 e. The van der Waals surface area contributed by atoms with E-state index in [2.05, 4.69) is 4.99 Å². The molecule has 0 saturated carbocycles. The van der Waals surface area contributed by atoms with Gasteiger partial charge in [-0.05, 0) is 12.1 Å². The number of carbonyl (C=O) groups excluding carboxylic acids is 1. The standard InChI is InChI=1S/C8H8ClN3O/c9-6-4-2-1-3-5(6)7(13)12-8(10)11/h1-4H,(H4,10,11,12,13). The minimum absolute atomic E-state index is 0.273. The molecule has 0 aromatic heterocycles. The van der Waals surface area contributed by atoms with E-state index >= 15 is 0 Å². The molecule has 0 unspecified atom stereocenters. The number of aliphatic imine (C=N–C) groups is 1. The van der Waals surface area contributed by atoms with E-state index in [-0.39, 0.29) is 11.5 Å². The maximum absolute atomic E-state index is 11.2. The first-order valence-corrected chi connectivity index (χ1v) is 3.87. The van der Waals surface area contributed by atoms with Crippen molar-refractivity contribution in [1.29, 1.82) is 0 Å². The highest BCUT2D eigenvalue weighted by atomic mass is 35.5. The van der Waals surface area contributed by atoms with Crippen molar-refractivity contribution in [2.24, 2.45) is 16.5 Å². The Kier molecular flexibility index (Phi) is 2.87. The molecule has 0 saturated heterocycles. The third-order valence-electron chi connectivity index (χ3n) is 1.33. The Morgan fingerprint density at radius 3 is 2.46 bits per heavy atom. The summed E-state index contributed by atoms with van der Waals surface area (Å²) in [7, 11) is 0. The van der Waals surface area contributed by atoms with Gasteiger partial charge in [-0.15, -0.1) is 0 Å². The lowest BCUT2D eigenvalue weighted by atomic mass is 10.2. The molecule has 0 radical (unpaired) electrons. The van der Waals surface area contributed by atoms with Crippen LogP contribution in [-0.2, 0) is 0 Å². The van der Waals surface area contributed by atoms with Gasteiger partial charge in [-0.3, -0.25) is 4.79 Å². The average molecular weight is 198 g/mol. The number of nitrogens with zero attached hydrogens (tertiary/aromatic N) is 1. The van der Waals surface area contributed by atoms with Gasteiger partial charge in [0.05, 0.1) is 10.6 Å². The average Bonchev–Trinajstić information content (AvgIpc) is 2.03. The normalized spacial score (nSPS) is 9.31. The van der Waals surface area contributed by atoms with Crippen LogP contribution in [0.25, 0.3) is 0 Å². The molecule has 1 aromatic rings. The molecule has 5 heteroatoms. The summed E-state index contributed by atoms with van der Waals surface area (Å²) < 4.78 is 0. The Morgan fingerprint density at radius 2 is 1.92 bits per heavy atom. The first-order chi connectivity index (χ1) is 6.11. The summed E-state index contributed by atoms with van der Waals surface area (Å²) in [6, 6.07) is 6.55. The molecule has 0 aliphatic rings. The largest absolute Gasteiger partial charge is 0.370 e. The molecule has 4 nitrogen and oxygen atoms in total. The van der Waals surface area contributed by atoms with Crippen LogP contribution >= 0.6 is 11.6 Å². The van der Waals surface area contributed by atoms with Crippen molar-refractivity contribution < 1.29 is 4.79 Å². The maximum atomic E-state index is 11.2. The molecule has 0 atom stereocenters. The number of rotatable bonds is 1. The first-order valence-electron chi connectivity index (χ1n) is 3.50. The van der Waals surface area contributed by atoms with Gasteiger partial charge in [0.2, 0.25) is 0 Å². The van der Waals surface area contributed by atoms with E-state index in [1.165, 1.54) is 0 Å². The molecule has 1 aromatic carbocycles. The number of nitrogens with two attached hydrogens (primary N) is 2. The van der Waals surface area contributed by atoms with Crippen molar-refractivity contribution in [1.82, 2.24) is 0 Å². The number of halogens is 1. The molecule has 4 N–H and O–H groups in total. The van der Waals surface area contributed by atoms with Gasteiger partial charge < -0.3 is 11.5 Å². The summed E-state index contributed by atoms with van der Waals surface area (Å²) in [4.78, 5) is 14.6. The topological polar surface area (TPSA) is 81.5 Å². The number of guanidine groups is 1. The fourth-order valence-corrected chi connectivity index (χ4v) is 1.03. The minimum Gasteiger partial charge on any atom is -0.370 e. The zero-order valence-corrected chi connectivity index (χ0v) is 7.45. The first kappa shape index (κ1) is 9.54. The Morgan fingerprint density at radius 1 is 1.31 bits per heavy atom. The Balaban J connectivity index is 3.03. The van der Waals surface area contributed by atoms with Gasteiger partial charge in [0.1, 0.15) is 0 Å². The van der Waals surface area contributed by atoms with Gasteiger partial charge in [0.15, 0.2) is 5.96 Å². The molecule has 0 heterocycles. The zero-order valence-electron chi connectivity index (χ0n) is 6.70. The van der Waals surface area contributed by atoms with Crippen molar-refractivity contribution in [2.75, 3.05) is 0 Å². The molecule has 1 amide bonds. The quantitative estimate of drug-likeness (QED) is 0.515. The summed E-state index contributed by atoms with van der Waals surface area (Å²) in [5, 5.41) is 0.331. The van der Waals surface area contributed by atoms with E-state index in [4.69, 9.17) is 23.1 Å². The van der Waals surface area contributed by atoms with Crippen molar-refractivity contribution in [3.63, 3.8) is 0 Å². The van der Waals surface area contributed by atoms with Crippen LogP contribution in [0.1, 0.15) is 10.4 Å². The second kappa shape index (κ2) is 3.91. The number of carbonyl (C=O) groups is 1. The van der Waals surface area contributed by atoms with Crippen LogP contribution < -0.4 is 11.5 Å². The van der Waals surface area contributed by atoms with Crippen LogP contribution in [0.2, 0.25) is 5.02 Å². The minimum atomic E-state index is -0.536. The molecule has 0 aliphatic heterocycles. The van der Waals surface area contributed by atoms with Gasteiger partial charge in [0.25, 0.3) is 5.91 Å². The van der Waals surface area contributed by atoms with Crippen molar-refractivity contribution in [3.8, 4) is 0 Å². The zero-order chi connectivity index (χ0) is 9.84. The molecule has 68 valence electrons. The van der Waals surface area contributed by atoms with Crippen LogP contribution in [0.5, 0.6) is 0 Å². The van der Waals surface area contributed by atoms with Gasteiger partial charge in [-0.1, -0.05) is 23.7 Å². The number of hydrogen-bond donors (Lipinski definition) is 2. The number of amides is 1. The van der Waals surface area contributed by atoms with Gasteiger partial charge in [-0.25, -0.2) is 0 Å². The van der Waals surface area contributed by atoms with Crippen molar-refractivity contribution >= 4 is 23.5 Å². The SMILES string of the molecule is NC(N)=NC(=O)c1ccccc1Cl. The lowest BCUT2D eigenvalue weighted by molar-refractivity contribution is 0.100. The molecule has 1 rings (SSSR count). The molecular formula is C8H8ClN3O. The van der Waals surface area contributed by atoms with Crippen molar-refractivity contribution in [3.05, 3.63) is 34.9 Å². The van der Waals surface area contributed by atoms with Crippen LogP contribution in [0.3, 0.4) is 0 Å². The summed E-state index contributed by atoms with van der Waals surface area (Å²) in [5.41, 5.74) is 10.4. The Hall–Kier alpha value is -1.55. The number of hydrogen-bond acceptors (Lipinski definition) is 1. The van der Waals surface area contributed by atoms with Crippen LogP contribution in [0.15, 0.2) is 29.3 Å². The fourth-order valence-electron chi connectivity index (χ4n) is 0.812. The highest BCUT2D eigenvalue weighted by Crippen LogP contribution is 2.15. The molecular weight excluding hydrogens is 190 g/mol. The highest BCUT2D eigenvalue weighted by molar-refractivity contribution is 6.34. The molecule has 0 aliphatic carbocycles. The maximum Gasteiger partial charge on any atom is 0.281 e. The van der Waals surface area contributed by atoms with Crippen LogP contribution in [-0.4, -0.2) is 11.9 Å². The van der Waals surface area contributed by atoms with Gasteiger partial charge in [0, 0.05) is 0 Å². The Labute approximate surface area is 80.2 Å². The molecule has 0 fully saturated rings. The second-order valence-corrected chi connectivity index (χ2v) is 2.73. The van der Waals surface area contributed by atoms with Gasteiger partial charge in [-0.2, -0.15) is 4.99 Å². The fraction of sp³-hybridized carbons (Fsp3) is 0. The van der Waals surface area contributed by atoms with Crippen molar-refractivity contribution in [2.45, 2.75) is 0 Å². The predicted molar refractivity (Wildman–Crippen MR) is 51.6 cm³/mol. The Bertz CT molecular complexity index is 358. The van der Waals surface area contributed by atoms with E-state index < -0.39 is 5.91 Å². The predicted octanol–water partition coefficient (Wildman–Crippen LogP) is 0.754. The molecule has 0 bridgehead atoms. The third kappa shape index (κ3) is 2.45. The lowest BCUT2D eigenvalue weighted by Crippen LogP contribution is -2.24. The van der Waals surface area contributed by atoms with E-state index in [0.717, 1.165) is 0 Å². The third-order valence-corrected chi connectivity index (χ3v) is 1.66. The van der Waals surface area contributed by atoms with E-state index in [1.54, 1.807) is 24.3 Å². The summed E-state index contributed by atoms with van der Waals surface area (Å²) in [5.74, 6) is -0.810. The lowest BCUT2D eigenvalue weighted by Gasteiger charge is -1.97. The summed E-state index contributed by atoms with van der Waals surface area (Å²) in [6.45, 7) is 0. The van der Waals surface area contributed by atoms with Crippen LogP contribution in [0.4, 0.5) is 0 Å². The van der Waals surface area contributed by atoms with Gasteiger partial charge >= 0.3 is 0 Å². The summed E-state index contributed by atoms with van der Waals surface area (Å²) >= 11 is 5.73. The molecule has 13 heavy (non-hydrogen) atoms. The highest BCUT2D eigenvalue weighted by Gasteiger charge is 2.07. The van der Waals surface area contributed by atoms with E-state index in [9.17, 15) is 4.79 Å². The molecule has 0 spiro atoms. The second-order valence-electron chi connectivity index (χ2n) is 2.32. The van der Waals surface area contributed by atoms with E-state index in [1.807, 2.05) is 0 Å². The van der Waals surface area contributed by atoms with E-state index in [0.29, 0.717) is 5.02 Å². The number of benzene rings is 1.